The molecule has 134 valence electrons. The van der Waals surface area contributed by atoms with Gasteiger partial charge in [0, 0.05) is 30.1 Å². The van der Waals surface area contributed by atoms with Gasteiger partial charge in [-0.2, -0.15) is 0 Å². The quantitative estimate of drug-likeness (QED) is 0.821. The van der Waals surface area contributed by atoms with Gasteiger partial charge in [0.25, 0.3) is 0 Å². The van der Waals surface area contributed by atoms with Crippen LogP contribution in [0.15, 0.2) is 23.6 Å². The Hall–Kier alpha value is -1.60. The Kier molecular flexibility index (Phi) is 4.24. The van der Waals surface area contributed by atoms with Crippen molar-refractivity contribution < 1.29 is 8.42 Å². The first-order valence-electron chi connectivity index (χ1n) is 8.76. The highest BCUT2D eigenvalue weighted by molar-refractivity contribution is 7.92. The second kappa shape index (κ2) is 6.29. The summed E-state index contributed by atoms with van der Waals surface area (Å²) in [6.07, 6.45) is 5.83. The van der Waals surface area contributed by atoms with Crippen molar-refractivity contribution in [3.63, 3.8) is 0 Å². The zero-order valence-electron chi connectivity index (χ0n) is 14.6. The molecular weight excluding hydrogens is 354 g/mol. The molecule has 0 aliphatic carbocycles. The number of nitrogens with zero attached hydrogens (tertiary/aromatic N) is 3. The number of sulfonamides is 1. The molecule has 2 aromatic rings. The molecule has 1 aromatic carbocycles. The molecule has 3 heterocycles. The summed E-state index contributed by atoms with van der Waals surface area (Å²) < 4.78 is 25.6. The van der Waals surface area contributed by atoms with Gasteiger partial charge in [-0.05, 0) is 50.3 Å². The maximum atomic E-state index is 12.0. The van der Waals surface area contributed by atoms with Crippen molar-refractivity contribution in [3.8, 4) is 11.3 Å². The van der Waals surface area contributed by atoms with E-state index in [1.54, 1.807) is 11.3 Å². The van der Waals surface area contributed by atoms with E-state index in [2.05, 4.69) is 16.3 Å². The van der Waals surface area contributed by atoms with Crippen LogP contribution in [-0.2, 0) is 16.4 Å². The average Bonchev–Trinajstić information content (AvgIpc) is 3.18. The van der Waals surface area contributed by atoms with Gasteiger partial charge in [-0.25, -0.2) is 13.4 Å². The Bertz CT molecular complexity index is 885. The molecule has 1 atom stereocenters. The van der Waals surface area contributed by atoms with Crippen LogP contribution in [0, 0.1) is 0 Å². The second-order valence-electron chi connectivity index (χ2n) is 7.02. The average molecular weight is 378 g/mol. The van der Waals surface area contributed by atoms with E-state index in [4.69, 9.17) is 4.98 Å². The van der Waals surface area contributed by atoms with Crippen LogP contribution in [0.25, 0.3) is 11.3 Å². The van der Waals surface area contributed by atoms with Gasteiger partial charge in [-0.3, -0.25) is 4.31 Å². The molecule has 5 nitrogen and oxygen atoms in total. The van der Waals surface area contributed by atoms with Crippen LogP contribution in [0.2, 0.25) is 0 Å². The summed E-state index contributed by atoms with van der Waals surface area (Å²) in [4.78, 5) is 7.20. The zero-order chi connectivity index (χ0) is 17.6. The standard InChI is InChI=1S/C18H23N3O2S2/c1-13-10-15-11-14(6-7-17(15)21(13)25(2,22)23)16-12-24-18(19-16)20-8-4-3-5-9-20/h6-7,11-13H,3-5,8-10H2,1-2H3/t13-/m1/s1. The molecule has 4 rings (SSSR count). The first-order valence-corrected chi connectivity index (χ1v) is 11.5. The summed E-state index contributed by atoms with van der Waals surface area (Å²) in [5.41, 5.74) is 3.95. The molecule has 1 fully saturated rings. The highest BCUT2D eigenvalue weighted by Crippen LogP contribution is 2.37. The van der Waals surface area contributed by atoms with E-state index < -0.39 is 10.0 Å². The van der Waals surface area contributed by atoms with Crippen molar-refractivity contribution in [2.24, 2.45) is 0 Å². The van der Waals surface area contributed by atoms with Gasteiger partial charge in [0.05, 0.1) is 17.6 Å². The summed E-state index contributed by atoms with van der Waals surface area (Å²) >= 11 is 1.70. The van der Waals surface area contributed by atoms with Crippen molar-refractivity contribution in [1.82, 2.24) is 4.98 Å². The van der Waals surface area contributed by atoms with E-state index in [1.165, 1.54) is 29.8 Å². The Morgan fingerprint density at radius 2 is 1.96 bits per heavy atom. The molecule has 0 radical (unpaired) electrons. The molecule has 0 unspecified atom stereocenters. The van der Waals surface area contributed by atoms with Crippen LogP contribution in [0.5, 0.6) is 0 Å². The van der Waals surface area contributed by atoms with E-state index in [1.807, 2.05) is 19.1 Å². The number of anilines is 2. The lowest BCUT2D eigenvalue weighted by Gasteiger charge is -2.25. The van der Waals surface area contributed by atoms with Crippen LogP contribution in [0.1, 0.15) is 31.7 Å². The van der Waals surface area contributed by atoms with Crippen molar-refractivity contribution in [3.05, 3.63) is 29.1 Å². The number of hydrogen-bond donors (Lipinski definition) is 0. The Morgan fingerprint density at radius 3 is 2.68 bits per heavy atom. The SMILES string of the molecule is C[C@@H]1Cc2cc(-c3csc(N4CCCCC4)n3)ccc2N1S(C)(=O)=O. The third-order valence-electron chi connectivity index (χ3n) is 5.00. The molecule has 7 heteroatoms. The molecule has 1 aromatic heterocycles. The largest absolute Gasteiger partial charge is 0.348 e. The maximum Gasteiger partial charge on any atom is 0.232 e. The first-order chi connectivity index (χ1) is 11.9. The topological polar surface area (TPSA) is 53.5 Å². The minimum atomic E-state index is -3.24. The molecule has 2 aliphatic heterocycles. The smallest absolute Gasteiger partial charge is 0.232 e. The summed E-state index contributed by atoms with van der Waals surface area (Å²) in [6.45, 7) is 4.15. The monoisotopic (exact) mass is 377 g/mol. The second-order valence-corrected chi connectivity index (χ2v) is 9.71. The van der Waals surface area contributed by atoms with Crippen molar-refractivity contribution >= 4 is 32.2 Å². The molecule has 0 saturated carbocycles. The van der Waals surface area contributed by atoms with Gasteiger partial charge < -0.3 is 4.90 Å². The molecule has 0 amide bonds. The van der Waals surface area contributed by atoms with Crippen LogP contribution >= 0.6 is 11.3 Å². The predicted octanol–water partition coefficient (Wildman–Crippen LogP) is 3.51. The van der Waals surface area contributed by atoms with E-state index in [0.29, 0.717) is 0 Å². The minimum absolute atomic E-state index is 0.0282. The highest BCUT2D eigenvalue weighted by atomic mass is 32.2. The number of piperidine rings is 1. The summed E-state index contributed by atoms with van der Waals surface area (Å²) in [5, 5.41) is 3.21. The van der Waals surface area contributed by atoms with E-state index in [-0.39, 0.29) is 6.04 Å². The number of aromatic nitrogens is 1. The van der Waals surface area contributed by atoms with Gasteiger partial charge >= 0.3 is 0 Å². The van der Waals surface area contributed by atoms with E-state index in [9.17, 15) is 8.42 Å². The van der Waals surface area contributed by atoms with Gasteiger partial charge in [0.1, 0.15) is 0 Å². The third kappa shape index (κ3) is 3.15. The molecular formula is C18H23N3O2S2. The lowest BCUT2D eigenvalue weighted by molar-refractivity contribution is 0.577. The van der Waals surface area contributed by atoms with E-state index >= 15 is 0 Å². The van der Waals surface area contributed by atoms with Gasteiger partial charge in [-0.15, -0.1) is 11.3 Å². The van der Waals surface area contributed by atoms with Gasteiger partial charge in [0.15, 0.2) is 5.13 Å². The van der Waals surface area contributed by atoms with Crippen LogP contribution < -0.4 is 9.21 Å². The Morgan fingerprint density at radius 1 is 1.20 bits per heavy atom. The van der Waals surface area contributed by atoms with Crippen molar-refractivity contribution in [1.29, 1.82) is 0 Å². The molecule has 1 saturated heterocycles. The van der Waals surface area contributed by atoms with Gasteiger partial charge in [-0.1, -0.05) is 6.07 Å². The fourth-order valence-electron chi connectivity index (χ4n) is 3.89. The van der Waals surface area contributed by atoms with Crippen molar-refractivity contribution in [2.45, 2.75) is 38.6 Å². The highest BCUT2D eigenvalue weighted by Gasteiger charge is 2.32. The van der Waals surface area contributed by atoms with Gasteiger partial charge in [0.2, 0.25) is 10.0 Å². The third-order valence-corrected chi connectivity index (χ3v) is 7.18. The molecule has 0 bridgehead atoms. The lowest BCUT2D eigenvalue weighted by Crippen LogP contribution is -2.34. The number of rotatable bonds is 3. The molecule has 2 aliphatic rings. The predicted molar refractivity (Wildman–Crippen MR) is 104 cm³/mol. The number of benzene rings is 1. The summed E-state index contributed by atoms with van der Waals surface area (Å²) in [6, 6.07) is 5.99. The lowest BCUT2D eigenvalue weighted by atomic mass is 10.1. The first kappa shape index (κ1) is 16.8. The van der Waals surface area contributed by atoms with Crippen molar-refractivity contribution in [2.75, 3.05) is 28.6 Å². The van der Waals surface area contributed by atoms with E-state index in [0.717, 1.165) is 47.2 Å². The van der Waals surface area contributed by atoms with Crippen LogP contribution in [0.4, 0.5) is 10.8 Å². The number of hydrogen-bond acceptors (Lipinski definition) is 5. The van der Waals surface area contributed by atoms with Crippen LogP contribution in [0.3, 0.4) is 0 Å². The maximum absolute atomic E-state index is 12.0. The summed E-state index contributed by atoms with van der Waals surface area (Å²) in [7, 11) is -3.24. The Balaban J connectivity index is 1.63. The number of thiazole rings is 1. The fraction of sp³-hybridized carbons (Fsp3) is 0.500. The summed E-state index contributed by atoms with van der Waals surface area (Å²) in [5.74, 6) is 0. The molecule has 0 N–H and O–H groups in total. The number of fused-ring (bicyclic) bond motifs is 1. The molecule has 25 heavy (non-hydrogen) atoms. The Labute approximate surface area is 153 Å². The minimum Gasteiger partial charge on any atom is -0.348 e. The zero-order valence-corrected chi connectivity index (χ0v) is 16.2. The fourth-order valence-corrected chi connectivity index (χ4v) is 6.05. The normalized spacial score (nSPS) is 20.8. The molecule has 0 spiro atoms. The van der Waals surface area contributed by atoms with Crippen LogP contribution in [-0.4, -0.2) is 38.8 Å².